The highest BCUT2D eigenvalue weighted by Gasteiger charge is 2.47. The molecule has 2 fully saturated rings. The standard InChI is InChI=1S/C29H29NO6/c1-3-35-23-13-12-20(16-24(23)34-2)26-25(28(32)29(33)30(26)17-22-9-6-14-36-22)27(31)21-11-10-18-7-4-5-8-19(18)15-21/h4-5,7-8,10-13,15-16,22,26,31H,3,6,9,14,17H2,1-2H3/b27-25+. The van der Waals surface area contributed by atoms with Crippen LogP contribution in [0.1, 0.15) is 36.9 Å². The maximum Gasteiger partial charge on any atom is 0.295 e. The molecule has 0 aromatic heterocycles. The van der Waals surface area contributed by atoms with Crippen molar-refractivity contribution in [3.8, 4) is 11.5 Å². The third-order valence-electron chi connectivity index (χ3n) is 6.79. The van der Waals surface area contributed by atoms with Crippen LogP contribution >= 0.6 is 0 Å². The number of likely N-dealkylation sites (tertiary alicyclic amines) is 1. The number of ketones is 1. The second-order valence-corrected chi connectivity index (χ2v) is 8.99. The molecule has 1 amide bonds. The number of Topliss-reactive ketones (excluding diaryl/α,β-unsaturated/α-hetero) is 1. The summed E-state index contributed by atoms with van der Waals surface area (Å²) in [5.74, 6) is -0.508. The van der Waals surface area contributed by atoms with Gasteiger partial charge in [-0.15, -0.1) is 0 Å². The highest BCUT2D eigenvalue weighted by atomic mass is 16.5. The molecule has 1 N–H and O–H groups in total. The lowest BCUT2D eigenvalue weighted by Crippen LogP contribution is -2.36. The number of methoxy groups -OCH3 is 1. The van der Waals surface area contributed by atoms with E-state index in [0.29, 0.717) is 35.8 Å². The van der Waals surface area contributed by atoms with Gasteiger partial charge in [0.15, 0.2) is 11.5 Å². The first-order chi connectivity index (χ1) is 17.5. The van der Waals surface area contributed by atoms with Crippen molar-refractivity contribution < 1.29 is 28.9 Å². The summed E-state index contributed by atoms with van der Waals surface area (Å²) in [6, 6.07) is 17.8. The SMILES string of the molecule is CCOc1ccc(C2/C(=C(\O)c3ccc4ccccc4c3)C(=O)C(=O)N2CC2CCCO2)cc1OC. The Kier molecular flexibility index (Phi) is 6.65. The molecular formula is C29H29NO6. The fraction of sp³-hybridized carbons (Fsp3) is 0.310. The van der Waals surface area contributed by atoms with Crippen molar-refractivity contribution in [3.63, 3.8) is 0 Å². The zero-order chi connectivity index (χ0) is 25.2. The number of hydrogen-bond acceptors (Lipinski definition) is 6. The van der Waals surface area contributed by atoms with Crippen LogP contribution in [0.2, 0.25) is 0 Å². The van der Waals surface area contributed by atoms with E-state index in [2.05, 4.69) is 0 Å². The van der Waals surface area contributed by atoms with Gasteiger partial charge in [0.25, 0.3) is 11.7 Å². The molecule has 0 radical (unpaired) electrons. The summed E-state index contributed by atoms with van der Waals surface area (Å²) in [6.45, 7) is 3.25. The second-order valence-electron chi connectivity index (χ2n) is 8.99. The van der Waals surface area contributed by atoms with Gasteiger partial charge in [-0.1, -0.05) is 42.5 Å². The predicted molar refractivity (Wildman–Crippen MR) is 136 cm³/mol. The zero-order valence-electron chi connectivity index (χ0n) is 20.4. The third kappa shape index (κ3) is 4.31. The van der Waals surface area contributed by atoms with Crippen molar-refractivity contribution in [1.29, 1.82) is 0 Å². The Hall–Kier alpha value is -3.84. The largest absolute Gasteiger partial charge is 0.507 e. The smallest absolute Gasteiger partial charge is 0.295 e. The van der Waals surface area contributed by atoms with Crippen molar-refractivity contribution >= 4 is 28.2 Å². The lowest BCUT2D eigenvalue weighted by Gasteiger charge is -2.28. The highest BCUT2D eigenvalue weighted by molar-refractivity contribution is 6.46. The average molecular weight is 488 g/mol. The number of carbonyl (C=O) groups excluding carboxylic acids is 2. The van der Waals surface area contributed by atoms with E-state index < -0.39 is 17.7 Å². The lowest BCUT2D eigenvalue weighted by molar-refractivity contribution is -0.140. The van der Waals surface area contributed by atoms with Gasteiger partial charge in [-0.05, 0) is 54.3 Å². The Morgan fingerprint density at radius 2 is 1.86 bits per heavy atom. The third-order valence-corrected chi connectivity index (χ3v) is 6.79. The first kappa shape index (κ1) is 23.9. The fourth-order valence-electron chi connectivity index (χ4n) is 5.04. The molecule has 2 saturated heterocycles. The van der Waals surface area contributed by atoms with Gasteiger partial charge in [0.05, 0.1) is 31.4 Å². The molecule has 0 spiro atoms. The molecule has 36 heavy (non-hydrogen) atoms. The van der Waals surface area contributed by atoms with Gasteiger partial charge < -0.3 is 24.2 Å². The Balaban J connectivity index is 1.64. The topological polar surface area (TPSA) is 85.3 Å². The average Bonchev–Trinajstić information content (AvgIpc) is 3.51. The van der Waals surface area contributed by atoms with Crippen molar-refractivity contribution in [1.82, 2.24) is 4.90 Å². The molecule has 0 saturated carbocycles. The molecular weight excluding hydrogens is 458 g/mol. The molecule has 2 atom stereocenters. The van der Waals surface area contributed by atoms with Gasteiger partial charge in [0.1, 0.15) is 5.76 Å². The van der Waals surface area contributed by atoms with E-state index in [4.69, 9.17) is 14.2 Å². The molecule has 2 heterocycles. The quantitative estimate of drug-likeness (QED) is 0.291. The van der Waals surface area contributed by atoms with E-state index in [1.807, 2.05) is 43.3 Å². The minimum absolute atomic E-state index is 0.0551. The molecule has 3 aromatic carbocycles. The number of ether oxygens (including phenoxy) is 3. The van der Waals surface area contributed by atoms with Gasteiger partial charge in [0.2, 0.25) is 0 Å². The number of rotatable bonds is 7. The minimum Gasteiger partial charge on any atom is -0.507 e. The van der Waals surface area contributed by atoms with E-state index in [1.54, 1.807) is 31.4 Å². The van der Waals surface area contributed by atoms with E-state index in [9.17, 15) is 14.7 Å². The first-order valence-electron chi connectivity index (χ1n) is 12.2. The number of carbonyl (C=O) groups is 2. The van der Waals surface area contributed by atoms with Crippen molar-refractivity contribution in [2.24, 2.45) is 0 Å². The van der Waals surface area contributed by atoms with Crippen LogP contribution in [0.25, 0.3) is 16.5 Å². The maximum absolute atomic E-state index is 13.4. The van der Waals surface area contributed by atoms with E-state index in [1.165, 1.54) is 4.90 Å². The lowest BCUT2D eigenvalue weighted by atomic mass is 9.94. The molecule has 2 unspecified atom stereocenters. The number of fused-ring (bicyclic) bond motifs is 1. The fourth-order valence-corrected chi connectivity index (χ4v) is 5.04. The van der Waals surface area contributed by atoms with Crippen molar-refractivity contribution in [2.45, 2.75) is 31.9 Å². The molecule has 2 aliphatic rings. The number of benzene rings is 3. The van der Waals surface area contributed by atoms with Gasteiger partial charge in [-0.25, -0.2) is 0 Å². The van der Waals surface area contributed by atoms with Gasteiger partial charge in [0, 0.05) is 18.7 Å². The number of hydrogen-bond donors (Lipinski definition) is 1. The first-order valence-corrected chi connectivity index (χ1v) is 12.2. The van der Waals surface area contributed by atoms with Crippen LogP contribution in [0.3, 0.4) is 0 Å². The van der Waals surface area contributed by atoms with Crippen LogP contribution in [0, 0.1) is 0 Å². The summed E-state index contributed by atoms with van der Waals surface area (Å²) < 4.78 is 17.0. The Bertz CT molecular complexity index is 1340. The number of aliphatic hydroxyl groups excluding tert-OH is 1. The molecule has 7 heteroatoms. The Morgan fingerprint density at radius 1 is 1.06 bits per heavy atom. The molecule has 0 aliphatic carbocycles. The van der Waals surface area contributed by atoms with E-state index in [-0.39, 0.29) is 24.0 Å². The summed E-state index contributed by atoms with van der Waals surface area (Å²) in [4.78, 5) is 28.2. The van der Waals surface area contributed by atoms with E-state index >= 15 is 0 Å². The van der Waals surface area contributed by atoms with Gasteiger partial charge in [-0.2, -0.15) is 0 Å². The summed E-state index contributed by atoms with van der Waals surface area (Å²) in [5, 5.41) is 13.4. The summed E-state index contributed by atoms with van der Waals surface area (Å²) in [6.07, 6.45) is 1.57. The monoisotopic (exact) mass is 487 g/mol. The van der Waals surface area contributed by atoms with Crippen molar-refractivity contribution in [2.75, 3.05) is 26.9 Å². The van der Waals surface area contributed by atoms with Crippen LogP contribution in [-0.4, -0.2) is 54.7 Å². The minimum atomic E-state index is -0.787. The normalized spacial score (nSPS) is 21.3. The molecule has 0 bridgehead atoms. The molecule has 7 nitrogen and oxygen atoms in total. The van der Waals surface area contributed by atoms with Crippen LogP contribution in [0.15, 0.2) is 66.2 Å². The molecule has 186 valence electrons. The van der Waals surface area contributed by atoms with Crippen LogP contribution in [0.5, 0.6) is 11.5 Å². The predicted octanol–water partition coefficient (Wildman–Crippen LogP) is 4.85. The molecule has 3 aromatic rings. The second kappa shape index (κ2) is 10.0. The number of amides is 1. The summed E-state index contributed by atoms with van der Waals surface area (Å²) in [7, 11) is 1.54. The van der Waals surface area contributed by atoms with Crippen LogP contribution in [0.4, 0.5) is 0 Å². The van der Waals surface area contributed by atoms with Crippen LogP contribution < -0.4 is 9.47 Å². The van der Waals surface area contributed by atoms with Gasteiger partial charge >= 0.3 is 0 Å². The van der Waals surface area contributed by atoms with Gasteiger partial charge in [-0.3, -0.25) is 9.59 Å². The zero-order valence-corrected chi connectivity index (χ0v) is 20.4. The number of nitrogens with zero attached hydrogens (tertiary/aromatic N) is 1. The Morgan fingerprint density at radius 3 is 2.58 bits per heavy atom. The molecule has 5 rings (SSSR count). The van der Waals surface area contributed by atoms with E-state index in [0.717, 1.165) is 23.6 Å². The summed E-state index contributed by atoms with van der Waals surface area (Å²) in [5.41, 5.74) is 1.18. The van der Waals surface area contributed by atoms with Crippen molar-refractivity contribution in [3.05, 3.63) is 77.4 Å². The highest BCUT2D eigenvalue weighted by Crippen LogP contribution is 2.42. The number of aliphatic hydroxyl groups is 1. The summed E-state index contributed by atoms with van der Waals surface area (Å²) >= 11 is 0. The maximum atomic E-state index is 13.4. The Labute approximate surface area is 209 Å². The molecule has 2 aliphatic heterocycles. The van der Waals surface area contributed by atoms with Crippen LogP contribution in [-0.2, 0) is 14.3 Å².